The monoisotopic (exact) mass is 449 g/mol. The number of nitrogens with zero attached hydrogens (tertiary/aromatic N) is 2. The van der Waals surface area contributed by atoms with Crippen molar-refractivity contribution in [3.05, 3.63) is 58.1 Å². The zero-order valence-electron chi connectivity index (χ0n) is 17.1. The number of nitro groups is 1. The highest BCUT2D eigenvalue weighted by atomic mass is 19.3. The first-order valence-electron chi connectivity index (χ1n) is 9.76. The van der Waals surface area contributed by atoms with Gasteiger partial charge in [-0.15, -0.1) is 0 Å². The third kappa shape index (κ3) is 5.29. The highest BCUT2D eigenvalue weighted by molar-refractivity contribution is 5.98. The van der Waals surface area contributed by atoms with Gasteiger partial charge in [-0.2, -0.15) is 8.78 Å². The van der Waals surface area contributed by atoms with Gasteiger partial charge < -0.3 is 19.7 Å². The quantitative estimate of drug-likeness (QED) is 0.510. The molecule has 9 nitrogen and oxygen atoms in total. The molecule has 0 bridgehead atoms. The molecule has 3 rings (SSSR count). The van der Waals surface area contributed by atoms with Crippen molar-refractivity contribution < 1.29 is 32.8 Å². The highest BCUT2D eigenvalue weighted by Crippen LogP contribution is 2.30. The molecule has 1 atom stereocenters. The summed E-state index contributed by atoms with van der Waals surface area (Å²) in [6, 6.07) is 9.51. The maximum absolute atomic E-state index is 12.9. The van der Waals surface area contributed by atoms with Crippen LogP contribution in [-0.2, 0) is 4.79 Å². The van der Waals surface area contributed by atoms with Crippen LogP contribution in [0.5, 0.6) is 11.5 Å². The number of hydrogen-bond acceptors (Lipinski definition) is 6. The molecular formula is C21H21F2N3O6. The van der Waals surface area contributed by atoms with Crippen LogP contribution in [0.3, 0.4) is 0 Å². The fraction of sp³-hybridized carbons (Fsp3) is 0.333. The number of rotatable bonds is 7. The summed E-state index contributed by atoms with van der Waals surface area (Å²) < 4.78 is 34.9. The van der Waals surface area contributed by atoms with Gasteiger partial charge in [0.15, 0.2) is 0 Å². The summed E-state index contributed by atoms with van der Waals surface area (Å²) in [6.45, 7) is -2.66. The van der Waals surface area contributed by atoms with Crippen molar-refractivity contribution >= 4 is 23.2 Å². The molecule has 1 heterocycles. The summed E-state index contributed by atoms with van der Waals surface area (Å²) in [5, 5.41) is 13.7. The van der Waals surface area contributed by atoms with Crippen molar-refractivity contribution in [2.75, 3.05) is 25.5 Å². The van der Waals surface area contributed by atoms with Crippen LogP contribution in [0, 0.1) is 16.0 Å². The number of piperidine rings is 1. The van der Waals surface area contributed by atoms with Crippen molar-refractivity contribution in [2.24, 2.45) is 5.92 Å². The van der Waals surface area contributed by atoms with Crippen LogP contribution >= 0.6 is 0 Å². The van der Waals surface area contributed by atoms with Crippen LogP contribution in [0.1, 0.15) is 23.2 Å². The lowest BCUT2D eigenvalue weighted by Gasteiger charge is -2.32. The van der Waals surface area contributed by atoms with E-state index in [-0.39, 0.29) is 35.0 Å². The Bertz CT molecular complexity index is 1020. The van der Waals surface area contributed by atoms with Crippen LogP contribution < -0.4 is 14.8 Å². The van der Waals surface area contributed by atoms with Gasteiger partial charge in [-0.1, -0.05) is 12.1 Å². The molecule has 2 aromatic rings. The number of carbonyl (C=O) groups is 2. The number of amides is 2. The van der Waals surface area contributed by atoms with E-state index in [2.05, 4.69) is 10.1 Å². The fourth-order valence-electron chi connectivity index (χ4n) is 3.53. The van der Waals surface area contributed by atoms with Crippen molar-refractivity contribution in [3.8, 4) is 11.5 Å². The molecule has 1 fully saturated rings. The minimum Gasteiger partial charge on any atom is -0.495 e. The summed E-state index contributed by atoms with van der Waals surface area (Å²) in [5.41, 5.74) is -0.0859. The van der Waals surface area contributed by atoms with Crippen LogP contribution in [-0.4, -0.2) is 48.4 Å². The third-order valence-electron chi connectivity index (χ3n) is 5.06. The van der Waals surface area contributed by atoms with Crippen molar-refractivity contribution in [1.82, 2.24) is 4.90 Å². The molecule has 2 amide bonds. The Morgan fingerprint density at radius 3 is 2.66 bits per heavy atom. The Morgan fingerprint density at radius 2 is 1.97 bits per heavy atom. The largest absolute Gasteiger partial charge is 0.495 e. The number of hydrogen-bond donors (Lipinski definition) is 1. The standard InChI is InChI=1S/C21H21F2N3O6/c1-31-18-9-8-14(26(29)30)11-16(18)24-19(27)13-5-4-10-25(12-13)20(28)15-6-2-3-7-17(15)32-21(22)23/h2-3,6-9,11,13,21H,4-5,10,12H2,1H3,(H,24,27). The predicted octanol–water partition coefficient (Wildman–Crippen LogP) is 3.70. The van der Waals surface area contributed by atoms with Crippen LogP contribution in [0.25, 0.3) is 0 Å². The van der Waals surface area contributed by atoms with E-state index in [4.69, 9.17) is 4.74 Å². The summed E-state index contributed by atoms with van der Waals surface area (Å²) in [6.07, 6.45) is 1.01. The highest BCUT2D eigenvalue weighted by Gasteiger charge is 2.31. The van der Waals surface area contributed by atoms with E-state index in [1.165, 1.54) is 54.5 Å². The summed E-state index contributed by atoms with van der Waals surface area (Å²) in [4.78, 5) is 37.6. The van der Waals surface area contributed by atoms with E-state index in [0.29, 0.717) is 19.4 Å². The van der Waals surface area contributed by atoms with Gasteiger partial charge in [0, 0.05) is 25.2 Å². The number of para-hydroxylation sites is 1. The van der Waals surface area contributed by atoms with Gasteiger partial charge in [0.2, 0.25) is 5.91 Å². The lowest BCUT2D eigenvalue weighted by Crippen LogP contribution is -2.44. The predicted molar refractivity (Wildman–Crippen MR) is 110 cm³/mol. The maximum Gasteiger partial charge on any atom is 0.387 e. The topological polar surface area (TPSA) is 111 Å². The summed E-state index contributed by atoms with van der Waals surface area (Å²) >= 11 is 0. The molecule has 1 saturated heterocycles. The normalized spacial score (nSPS) is 15.9. The first-order chi connectivity index (χ1) is 15.3. The smallest absolute Gasteiger partial charge is 0.387 e. The van der Waals surface area contributed by atoms with Crippen molar-refractivity contribution in [3.63, 3.8) is 0 Å². The maximum atomic E-state index is 12.9. The van der Waals surface area contributed by atoms with E-state index >= 15 is 0 Å². The minimum absolute atomic E-state index is 0.0192. The zero-order valence-corrected chi connectivity index (χ0v) is 17.1. The number of ether oxygens (including phenoxy) is 2. The van der Waals surface area contributed by atoms with Gasteiger partial charge in [0.25, 0.3) is 11.6 Å². The zero-order chi connectivity index (χ0) is 23.3. The summed E-state index contributed by atoms with van der Waals surface area (Å²) in [7, 11) is 1.37. The van der Waals surface area contributed by atoms with E-state index in [9.17, 15) is 28.5 Å². The number of benzene rings is 2. The number of nitro benzene ring substituents is 1. The SMILES string of the molecule is COc1ccc([N+](=O)[O-])cc1NC(=O)C1CCCN(C(=O)c2ccccc2OC(F)F)C1. The number of alkyl halides is 2. The number of carbonyl (C=O) groups excluding carboxylic acids is 2. The second-order valence-electron chi connectivity index (χ2n) is 7.10. The number of halogens is 2. The average molecular weight is 449 g/mol. The van der Waals surface area contributed by atoms with Gasteiger partial charge in [0.05, 0.1) is 29.2 Å². The Hall–Kier alpha value is -3.76. The van der Waals surface area contributed by atoms with Gasteiger partial charge >= 0.3 is 6.61 Å². The Morgan fingerprint density at radius 1 is 1.22 bits per heavy atom. The molecule has 0 spiro atoms. The molecule has 0 radical (unpaired) electrons. The molecule has 1 unspecified atom stereocenters. The van der Waals surface area contributed by atoms with E-state index in [1.807, 2.05) is 0 Å². The molecule has 0 aromatic heterocycles. The van der Waals surface area contributed by atoms with Crippen LogP contribution in [0.15, 0.2) is 42.5 Å². The lowest BCUT2D eigenvalue weighted by molar-refractivity contribution is -0.384. The number of nitrogens with one attached hydrogen (secondary N) is 1. The Labute approximate surface area is 182 Å². The number of methoxy groups -OCH3 is 1. The van der Waals surface area contributed by atoms with Gasteiger partial charge in [-0.25, -0.2) is 0 Å². The molecule has 0 aliphatic carbocycles. The Kier molecular flexibility index (Phi) is 7.18. The Balaban J connectivity index is 1.74. The molecule has 11 heteroatoms. The lowest BCUT2D eigenvalue weighted by atomic mass is 9.96. The van der Waals surface area contributed by atoms with E-state index < -0.39 is 29.3 Å². The minimum atomic E-state index is -3.08. The van der Waals surface area contributed by atoms with Gasteiger partial charge in [-0.05, 0) is 31.0 Å². The second-order valence-corrected chi connectivity index (χ2v) is 7.10. The first kappa shape index (κ1) is 22.9. The molecule has 1 aliphatic heterocycles. The average Bonchev–Trinajstić information content (AvgIpc) is 2.78. The molecular weight excluding hydrogens is 428 g/mol. The van der Waals surface area contributed by atoms with Crippen LogP contribution in [0.2, 0.25) is 0 Å². The van der Waals surface area contributed by atoms with Crippen LogP contribution in [0.4, 0.5) is 20.2 Å². The molecule has 0 saturated carbocycles. The molecule has 1 aliphatic rings. The second kappa shape index (κ2) is 10.0. The van der Waals surface area contributed by atoms with Crippen molar-refractivity contribution in [2.45, 2.75) is 19.5 Å². The molecule has 170 valence electrons. The molecule has 1 N–H and O–H groups in total. The third-order valence-corrected chi connectivity index (χ3v) is 5.06. The van der Waals surface area contributed by atoms with Crippen molar-refractivity contribution in [1.29, 1.82) is 0 Å². The number of anilines is 1. The number of non-ortho nitro benzene ring substituents is 1. The van der Waals surface area contributed by atoms with Gasteiger partial charge in [-0.3, -0.25) is 19.7 Å². The van der Waals surface area contributed by atoms with E-state index in [1.54, 1.807) is 0 Å². The van der Waals surface area contributed by atoms with Gasteiger partial charge in [0.1, 0.15) is 11.5 Å². The fourth-order valence-corrected chi connectivity index (χ4v) is 3.53. The first-order valence-corrected chi connectivity index (χ1v) is 9.76. The molecule has 2 aromatic carbocycles. The van der Waals surface area contributed by atoms with E-state index in [0.717, 1.165) is 0 Å². The number of likely N-dealkylation sites (tertiary alicyclic amines) is 1. The molecule has 32 heavy (non-hydrogen) atoms. The summed E-state index contributed by atoms with van der Waals surface area (Å²) in [5.74, 6) is -1.53.